The molecule has 1 saturated heterocycles. The predicted molar refractivity (Wildman–Crippen MR) is 266 cm³/mol. The Kier molecular flexibility index (Phi) is 41.6. The lowest BCUT2D eigenvalue weighted by Gasteiger charge is -2.41. The van der Waals surface area contributed by atoms with Gasteiger partial charge in [-0.3, -0.25) is 9.35 Å². The quantitative estimate of drug-likeness (QED) is 0.0197. The van der Waals surface area contributed by atoms with Crippen molar-refractivity contribution in [3.63, 3.8) is 0 Å². The SMILES string of the molecule is CC/C=C\C/C=C\C/C=C\C/C=C\CCCCCCCCCOCC(COC1OC(CO)C(O)C(OS(=O)(=O)O)C1O)OC(=O)CCCCCCCCCCCCCCCCCCCCC. The molecule has 0 amide bonds. The predicted octanol–water partition coefficient (Wildman–Crippen LogP) is 12.3. The van der Waals surface area contributed by atoms with Gasteiger partial charge < -0.3 is 34.3 Å². The number of unbranched alkanes of at least 4 members (excludes halogenated alkanes) is 25. The molecule has 1 aliphatic heterocycles. The molecular weight excluding hydrogens is 861 g/mol. The van der Waals surface area contributed by atoms with E-state index in [0.717, 1.165) is 77.0 Å². The lowest BCUT2D eigenvalue weighted by atomic mass is 9.99. The molecule has 0 aliphatic carbocycles. The average Bonchev–Trinajstić information content (AvgIpc) is 3.29. The van der Waals surface area contributed by atoms with E-state index in [4.69, 9.17) is 18.9 Å². The zero-order chi connectivity index (χ0) is 48.2. The van der Waals surface area contributed by atoms with Crippen molar-refractivity contribution in [2.24, 2.45) is 0 Å². The third kappa shape index (κ3) is 37.0. The van der Waals surface area contributed by atoms with Crippen molar-refractivity contribution in [3.05, 3.63) is 48.6 Å². The molecule has 1 rings (SSSR count). The van der Waals surface area contributed by atoms with Crippen LogP contribution < -0.4 is 0 Å². The number of esters is 1. The zero-order valence-electron chi connectivity index (χ0n) is 41.5. The summed E-state index contributed by atoms with van der Waals surface area (Å²) in [5, 5.41) is 30.8. The molecule has 4 N–H and O–H groups in total. The van der Waals surface area contributed by atoms with Crippen molar-refractivity contribution in [2.45, 2.75) is 256 Å². The van der Waals surface area contributed by atoms with Crippen LogP contribution in [0.2, 0.25) is 0 Å². The fourth-order valence-electron chi connectivity index (χ4n) is 8.02. The van der Waals surface area contributed by atoms with Crippen molar-refractivity contribution in [1.29, 1.82) is 0 Å². The molecule has 0 aromatic carbocycles. The number of aliphatic hydroxyl groups is 3. The Morgan fingerprint density at radius 2 is 1.05 bits per heavy atom. The highest BCUT2D eigenvalue weighted by Crippen LogP contribution is 2.26. The fourth-order valence-corrected chi connectivity index (χ4v) is 8.53. The summed E-state index contributed by atoms with van der Waals surface area (Å²) in [6.45, 7) is 3.88. The molecule has 6 atom stereocenters. The molecule has 0 radical (unpaired) electrons. The molecule has 0 aromatic heterocycles. The smallest absolute Gasteiger partial charge is 0.397 e. The van der Waals surface area contributed by atoms with Crippen molar-refractivity contribution >= 4 is 16.4 Å². The minimum absolute atomic E-state index is 0.0298. The third-order valence-corrected chi connectivity index (χ3v) is 12.4. The van der Waals surface area contributed by atoms with Crippen LogP contribution in [0.5, 0.6) is 0 Å². The van der Waals surface area contributed by atoms with Gasteiger partial charge in [0, 0.05) is 13.0 Å². The second kappa shape index (κ2) is 44.3. The van der Waals surface area contributed by atoms with Gasteiger partial charge in [0.1, 0.15) is 30.5 Å². The Hall–Kier alpha value is -1.94. The first-order chi connectivity index (χ1) is 32.1. The summed E-state index contributed by atoms with van der Waals surface area (Å²) in [6.07, 6.45) is 45.7. The molecule has 1 heterocycles. The normalized spacial score (nSPS) is 19.9. The lowest BCUT2D eigenvalue weighted by molar-refractivity contribution is -0.301. The maximum atomic E-state index is 12.9. The largest absolute Gasteiger partial charge is 0.457 e. The Labute approximate surface area is 402 Å². The van der Waals surface area contributed by atoms with E-state index in [2.05, 4.69) is 66.6 Å². The average molecular weight is 957 g/mol. The van der Waals surface area contributed by atoms with Gasteiger partial charge >= 0.3 is 16.4 Å². The number of carbonyl (C=O) groups is 1. The van der Waals surface area contributed by atoms with Gasteiger partial charge in [-0.1, -0.05) is 210 Å². The number of aliphatic hydroxyl groups excluding tert-OH is 3. The van der Waals surface area contributed by atoms with E-state index in [1.807, 2.05) is 0 Å². The van der Waals surface area contributed by atoms with E-state index < -0.39 is 59.8 Å². The molecule has 1 aliphatic rings. The van der Waals surface area contributed by atoms with Crippen LogP contribution in [0.4, 0.5) is 0 Å². The lowest BCUT2D eigenvalue weighted by Crippen LogP contribution is -2.60. The van der Waals surface area contributed by atoms with Gasteiger partial charge in [0.2, 0.25) is 0 Å². The topological polar surface area (TPSA) is 178 Å². The van der Waals surface area contributed by atoms with Crippen molar-refractivity contribution in [1.82, 2.24) is 0 Å². The van der Waals surface area contributed by atoms with E-state index in [1.165, 1.54) is 116 Å². The molecule has 386 valence electrons. The Bertz CT molecular complexity index is 1340. The number of allylic oxidation sites excluding steroid dienone is 8. The molecule has 66 heavy (non-hydrogen) atoms. The highest BCUT2D eigenvalue weighted by Gasteiger charge is 2.48. The van der Waals surface area contributed by atoms with E-state index in [-0.39, 0.29) is 19.6 Å². The molecule has 6 unspecified atom stereocenters. The number of hydrogen-bond donors (Lipinski definition) is 4. The second-order valence-electron chi connectivity index (χ2n) is 18.1. The van der Waals surface area contributed by atoms with Crippen molar-refractivity contribution < 1.29 is 56.2 Å². The minimum atomic E-state index is -5.07. The molecule has 0 bridgehead atoms. The summed E-state index contributed by atoms with van der Waals surface area (Å²) in [5.74, 6) is -0.400. The van der Waals surface area contributed by atoms with Gasteiger partial charge in [0.05, 0.1) is 19.8 Å². The van der Waals surface area contributed by atoms with Crippen LogP contribution in [0.25, 0.3) is 0 Å². The maximum absolute atomic E-state index is 12.9. The molecule has 0 aromatic rings. The number of hydrogen-bond acceptors (Lipinski definition) is 11. The molecule has 0 spiro atoms. The van der Waals surface area contributed by atoms with Gasteiger partial charge in [-0.2, -0.15) is 8.42 Å². The molecule has 0 saturated carbocycles. The van der Waals surface area contributed by atoms with Crippen LogP contribution in [-0.4, -0.2) is 97.5 Å². The summed E-state index contributed by atoms with van der Waals surface area (Å²) in [4.78, 5) is 12.9. The molecular formula is C53H96O12S. The zero-order valence-corrected chi connectivity index (χ0v) is 42.3. The molecule has 1 fully saturated rings. The van der Waals surface area contributed by atoms with Gasteiger partial charge in [0.25, 0.3) is 0 Å². The van der Waals surface area contributed by atoms with Gasteiger partial charge in [-0.15, -0.1) is 0 Å². The Morgan fingerprint density at radius 1 is 0.591 bits per heavy atom. The maximum Gasteiger partial charge on any atom is 0.397 e. The van der Waals surface area contributed by atoms with Gasteiger partial charge in [0.15, 0.2) is 6.29 Å². The minimum Gasteiger partial charge on any atom is -0.457 e. The van der Waals surface area contributed by atoms with Crippen molar-refractivity contribution in [3.8, 4) is 0 Å². The monoisotopic (exact) mass is 957 g/mol. The van der Waals surface area contributed by atoms with Crippen LogP contribution in [0.15, 0.2) is 48.6 Å². The standard InChI is InChI=1S/C53H96O12S/c1-3-5-7-9-11-13-15-17-19-21-23-25-27-29-31-33-35-37-39-41-43-61-45-47(46-62-53-51(57)52(65-66(58,59)60)50(56)48(44-54)64-53)63-49(55)42-40-38-36-34-32-30-28-26-24-22-20-18-16-14-12-10-8-6-4-2/h5,7,11,13,17,19,23,25,47-48,50-54,56-57H,3-4,6,8-10,12,14-16,18,20-22,24,26-46H2,1-2H3,(H,58,59,60)/b7-5-,13-11-,19-17-,25-23-. The van der Waals surface area contributed by atoms with E-state index >= 15 is 0 Å². The highest BCUT2D eigenvalue weighted by molar-refractivity contribution is 7.80. The van der Waals surface area contributed by atoms with E-state index in [0.29, 0.717) is 13.0 Å². The third-order valence-electron chi connectivity index (χ3n) is 12.0. The number of rotatable bonds is 46. The second-order valence-corrected chi connectivity index (χ2v) is 19.1. The summed E-state index contributed by atoms with van der Waals surface area (Å²) in [5.41, 5.74) is 0. The number of carbonyl (C=O) groups excluding carboxylic acids is 1. The summed E-state index contributed by atoms with van der Waals surface area (Å²) >= 11 is 0. The van der Waals surface area contributed by atoms with Crippen LogP contribution in [0.1, 0.15) is 219 Å². The Morgan fingerprint density at radius 3 is 1.53 bits per heavy atom. The first-order valence-electron chi connectivity index (χ1n) is 26.4. The molecule has 13 heteroatoms. The van der Waals surface area contributed by atoms with Crippen LogP contribution in [-0.2, 0) is 38.3 Å². The highest BCUT2D eigenvalue weighted by atomic mass is 32.3. The fraction of sp³-hybridized carbons (Fsp3) is 0.830. The van der Waals surface area contributed by atoms with E-state index in [9.17, 15) is 33.1 Å². The van der Waals surface area contributed by atoms with Crippen LogP contribution in [0, 0.1) is 0 Å². The summed E-state index contributed by atoms with van der Waals surface area (Å²) in [7, 11) is -5.07. The number of ether oxygens (including phenoxy) is 4. The molecule has 12 nitrogen and oxygen atoms in total. The first-order valence-corrected chi connectivity index (χ1v) is 27.8. The van der Waals surface area contributed by atoms with Crippen molar-refractivity contribution in [2.75, 3.05) is 26.4 Å². The van der Waals surface area contributed by atoms with E-state index in [1.54, 1.807) is 0 Å². The summed E-state index contributed by atoms with van der Waals surface area (Å²) < 4.78 is 59.3. The summed E-state index contributed by atoms with van der Waals surface area (Å²) in [6, 6.07) is 0. The van der Waals surface area contributed by atoms with Gasteiger partial charge in [-0.05, 0) is 51.4 Å². The van der Waals surface area contributed by atoms with Gasteiger partial charge in [-0.25, -0.2) is 4.18 Å². The Balaban J connectivity index is 2.35. The van der Waals surface area contributed by atoms with Crippen LogP contribution in [0.3, 0.4) is 0 Å². The first kappa shape index (κ1) is 62.1. The van der Waals surface area contributed by atoms with Crippen LogP contribution >= 0.6 is 0 Å².